The molecule has 1 amide bonds. The van der Waals surface area contributed by atoms with Gasteiger partial charge in [-0.3, -0.25) is 9.78 Å². The second-order valence-corrected chi connectivity index (χ2v) is 6.99. The van der Waals surface area contributed by atoms with Gasteiger partial charge >= 0.3 is 0 Å². The van der Waals surface area contributed by atoms with Gasteiger partial charge in [-0.05, 0) is 67.3 Å². The zero-order valence-corrected chi connectivity index (χ0v) is 15.2. The van der Waals surface area contributed by atoms with E-state index in [0.717, 1.165) is 42.1 Å². The molecule has 2 aliphatic rings. The summed E-state index contributed by atoms with van der Waals surface area (Å²) in [7, 11) is 0. The van der Waals surface area contributed by atoms with E-state index in [0.29, 0.717) is 5.69 Å². The molecular weight excluding hydrogens is 354 g/mol. The van der Waals surface area contributed by atoms with Crippen LogP contribution in [0, 0.1) is 5.92 Å². The number of carbonyl (C=O) groups is 1. The Balaban J connectivity index is 1.57. The lowest BCUT2D eigenvalue weighted by molar-refractivity contribution is 0.0650. The van der Waals surface area contributed by atoms with Crippen molar-refractivity contribution in [2.24, 2.45) is 11.0 Å². The van der Waals surface area contributed by atoms with E-state index in [-0.39, 0.29) is 17.9 Å². The molecule has 1 fully saturated rings. The standard InChI is InChI=1S/C22H19N3O3/c26-22(18-9-1-2-11-23-18)25-21(19-10-5-13-28-19)17-8-3-6-15(20(17)24-25)14-16-7-4-12-27-16/h1-2,4-5,7,9-14,17,21H,3,6,8H2/b15-14+/t17-,21+/m1/s1. The van der Waals surface area contributed by atoms with Crippen molar-refractivity contribution in [3.63, 3.8) is 0 Å². The third-order valence-corrected chi connectivity index (χ3v) is 5.29. The molecule has 4 heterocycles. The first kappa shape index (κ1) is 16.7. The minimum atomic E-state index is -0.264. The fourth-order valence-corrected chi connectivity index (χ4v) is 4.06. The van der Waals surface area contributed by atoms with E-state index in [2.05, 4.69) is 4.98 Å². The monoisotopic (exact) mass is 373 g/mol. The third-order valence-electron chi connectivity index (χ3n) is 5.29. The van der Waals surface area contributed by atoms with Crippen molar-refractivity contribution in [3.05, 3.63) is 84.0 Å². The molecule has 2 atom stereocenters. The van der Waals surface area contributed by atoms with Crippen molar-refractivity contribution in [1.82, 2.24) is 9.99 Å². The Morgan fingerprint density at radius 1 is 1.11 bits per heavy atom. The average Bonchev–Trinajstić information content (AvgIpc) is 3.48. The van der Waals surface area contributed by atoms with Crippen LogP contribution in [0.25, 0.3) is 6.08 Å². The van der Waals surface area contributed by atoms with Gasteiger partial charge in [-0.15, -0.1) is 0 Å². The molecule has 0 saturated heterocycles. The number of rotatable bonds is 3. The first-order chi connectivity index (χ1) is 13.8. The SMILES string of the molecule is O=C(c1ccccn1)N1N=C2/C(=C/c3ccco3)CCC[C@H]2[C@H]1c1ccco1. The van der Waals surface area contributed by atoms with Crippen LogP contribution in [0.15, 0.2) is 80.7 Å². The summed E-state index contributed by atoms with van der Waals surface area (Å²) in [6, 6.07) is 12.6. The highest BCUT2D eigenvalue weighted by Crippen LogP contribution is 2.44. The van der Waals surface area contributed by atoms with E-state index in [4.69, 9.17) is 13.9 Å². The molecule has 6 heteroatoms. The zero-order valence-electron chi connectivity index (χ0n) is 15.2. The van der Waals surface area contributed by atoms with E-state index in [1.807, 2.05) is 30.3 Å². The number of amides is 1. The Kier molecular flexibility index (Phi) is 4.16. The molecule has 0 aromatic carbocycles. The van der Waals surface area contributed by atoms with E-state index in [1.165, 1.54) is 0 Å². The van der Waals surface area contributed by atoms with Crippen molar-refractivity contribution in [2.45, 2.75) is 25.3 Å². The maximum atomic E-state index is 13.2. The number of pyridine rings is 1. The average molecular weight is 373 g/mol. The first-order valence-electron chi connectivity index (χ1n) is 9.42. The van der Waals surface area contributed by atoms with Crippen molar-refractivity contribution >= 4 is 17.7 Å². The quantitative estimate of drug-likeness (QED) is 0.667. The lowest BCUT2D eigenvalue weighted by atomic mass is 9.79. The smallest absolute Gasteiger partial charge is 0.293 e. The fraction of sp³-hybridized carbons (Fsp3) is 0.227. The number of aromatic nitrogens is 1. The second kappa shape index (κ2) is 6.96. The Labute approximate surface area is 162 Å². The first-order valence-corrected chi connectivity index (χ1v) is 9.42. The largest absolute Gasteiger partial charge is 0.467 e. The summed E-state index contributed by atoms with van der Waals surface area (Å²) in [5, 5.41) is 6.32. The van der Waals surface area contributed by atoms with E-state index < -0.39 is 0 Å². The molecule has 0 bridgehead atoms. The second-order valence-electron chi connectivity index (χ2n) is 6.99. The van der Waals surface area contributed by atoms with Crippen LogP contribution in [0.5, 0.6) is 0 Å². The van der Waals surface area contributed by atoms with Gasteiger partial charge in [0.15, 0.2) is 0 Å². The summed E-state index contributed by atoms with van der Waals surface area (Å²) in [6.07, 6.45) is 9.83. The highest BCUT2D eigenvalue weighted by molar-refractivity contribution is 6.08. The number of carbonyl (C=O) groups excluding carboxylic acids is 1. The summed E-state index contributed by atoms with van der Waals surface area (Å²) < 4.78 is 11.2. The van der Waals surface area contributed by atoms with Crippen LogP contribution in [0.4, 0.5) is 0 Å². The van der Waals surface area contributed by atoms with Crippen LogP contribution in [0.1, 0.15) is 47.3 Å². The number of allylic oxidation sites excluding steroid dienone is 1. The van der Waals surface area contributed by atoms with E-state index >= 15 is 0 Å². The molecule has 140 valence electrons. The highest BCUT2D eigenvalue weighted by atomic mass is 16.3. The number of hydrogen-bond donors (Lipinski definition) is 0. The Morgan fingerprint density at radius 2 is 2.00 bits per heavy atom. The molecular formula is C22H19N3O3. The molecule has 0 spiro atoms. The van der Waals surface area contributed by atoms with Crippen molar-refractivity contribution in [2.75, 3.05) is 0 Å². The zero-order chi connectivity index (χ0) is 18.9. The molecule has 6 nitrogen and oxygen atoms in total. The lowest BCUT2D eigenvalue weighted by Crippen LogP contribution is -2.32. The summed E-state index contributed by atoms with van der Waals surface area (Å²) in [5.74, 6) is 1.41. The number of fused-ring (bicyclic) bond motifs is 1. The maximum Gasteiger partial charge on any atom is 0.293 e. The van der Waals surface area contributed by atoms with Gasteiger partial charge in [0.05, 0.1) is 18.2 Å². The summed E-state index contributed by atoms with van der Waals surface area (Å²) >= 11 is 0. The number of furan rings is 2. The Hall–Kier alpha value is -3.41. The van der Waals surface area contributed by atoms with Crippen LogP contribution in [-0.4, -0.2) is 21.6 Å². The van der Waals surface area contributed by atoms with Gasteiger partial charge in [0, 0.05) is 12.1 Å². The van der Waals surface area contributed by atoms with Gasteiger partial charge in [0.1, 0.15) is 23.3 Å². The normalized spacial score (nSPS) is 22.9. The minimum Gasteiger partial charge on any atom is -0.467 e. The molecule has 0 radical (unpaired) electrons. The molecule has 1 aliphatic heterocycles. The molecule has 3 aromatic rings. The van der Waals surface area contributed by atoms with Crippen molar-refractivity contribution in [3.8, 4) is 0 Å². The molecule has 3 aromatic heterocycles. The van der Waals surface area contributed by atoms with Crippen LogP contribution in [-0.2, 0) is 0 Å². The number of nitrogens with zero attached hydrogens (tertiary/aromatic N) is 3. The van der Waals surface area contributed by atoms with Gasteiger partial charge in [-0.25, -0.2) is 5.01 Å². The van der Waals surface area contributed by atoms with Gasteiger partial charge in [-0.1, -0.05) is 6.07 Å². The van der Waals surface area contributed by atoms with Gasteiger partial charge < -0.3 is 8.83 Å². The third kappa shape index (κ3) is 2.87. The molecule has 0 N–H and O–H groups in total. The van der Waals surface area contributed by atoms with Gasteiger partial charge in [-0.2, -0.15) is 5.10 Å². The predicted molar refractivity (Wildman–Crippen MR) is 103 cm³/mol. The molecule has 0 unspecified atom stereocenters. The van der Waals surface area contributed by atoms with E-state index in [1.54, 1.807) is 41.9 Å². The van der Waals surface area contributed by atoms with Crippen LogP contribution in [0.3, 0.4) is 0 Å². The van der Waals surface area contributed by atoms with Crippen molar-refractivity contribution < 1.29 is 13.6 Å². The molecule has 1 aliphatic carbocycles. The summed E-state index contributed by atoms with van der Waals surface area (Å²) in [4.78, 5) is 17.4. The Bertz CT molecular complexity index is 1020. The van der Waals surface area contributed by atoms with Gasteiger partial charge in [0.25, 0.3) is 5.91 Å². The number of hydrogen-bond acceptors (Lipinski definition) is 5. The highest BCUT2D eigenvalue weighted by Gasteiger charge is 2.45. The maximum absolute atomic E-state index is 13.2. The molecule has 1 saturated carbocycles. The lowest BCUT2D eigenvalue weighted by Gasteiger charge is -2.27. The van der Waals surface area contributed by atoms with Gasteiger partial charge in [0.2, 0.25) is 0 Å². The van der Waals surface area contributed by atoms with Crippen molar-refractivity contribution in [1.29, 1.82) is 0 Å². The van der Waals surface area contributed by atoms with Crippen LogP contribution < -0.4 is 0 Å². The van der Waals surface area contributed by atoms with Crippen LogP contribution >= 0.6 is 0 Å². The topological polar surface area (TPSA) is 71.8 Å². The van der Waals surface area contributed by atoms with Crippen LogP contribution in [0.2, 0.25) is 0 Å². The van der Waals surface area contributed by atoms with E-state index in [9.17, 15) is 4.79 Å². The fourth-order valence-electron chi connectivity index (χ4n) is 4.06. The minimum absolute atomic E-state index is 0.0915. The Morgan fingerprint density at radius 3 is 2.75 bits per heavy atom. The summed E-state index contributed by atoms with van der Waals surface area (Å²) in [5.41, 5.74) is 2.42. The predicted octanol–water partition coefficient (Wildman–Crippen LogP) is 4.70. The molecule has 28 heavy (non-hydrogen) atoms. The molecule has 5 rings (SSSR count). The summed E-state index contributed by atoms with van der Waals surface area (Å²) in [6.45, 7) is 0. The number of hydrazone groups is 1.